The SMILES string of the molecule is FC(F)(F)C(F)(F)C1NN=CN1C(Cl)(Cl)Cl. The summed E-state index contributed by atoms with van der Waals surface area (Å²) in [6.07, 6.45) is -7.83. The van der Waals surface area contributed by atoms with Crippen molar-refractivity contribution in [1.82, 2.24) is 10.3 Å². The Labute approximate surface area is 101 Å². The van der Waals surface area contributed by atoms with E-state index in [1.165, 1.54) is 5.43 Å². The first kappa shape index (κ1) is 13.9. The molecule has 1 atom stereocenters. The lowest BCUT2D eigenvalue weighted by atomic mass is 10.2. The Morgan fingerprint density at radius 2 is 1.62 bits per heavy atom. The number of hydrazone groups is 1. The third-order valence-corrected chi connectivity index (χ3v) is 2.26. The van der Waals surface area contributed by atoms with Crippen LogP contribution in [-0.4, -0.2) is 33.4 Å². The smallest absolute Gasteiger partial charge is 0.289 e. The first-order chi connectivity index (χ1) is 6.98. The van der Waals surface area contributed by atoms with Gasteiger partial charge in [-0.1, -0.05) is 34.8 Å². The van der Waals surface area contributed by atoms with Crippen LogP contribution in [0.2, 0.25) is 0 Å². The summed E-state index contributed by atoms with van der Waals surface area (Å²) >= 11 is 15.6. The van der Waals surface area contributed by atoms with E-state index in [2.05, 4.69) is 5.10 Å². The molecule has 0 aromatic heterocycles. The van der Waals surface area contributed by atoms with Gasteiger partial charge in [0.25, 0.3) is 3.92 Å². The molecule has 0 amide bonds. The predicted molar refractivity (Wildman–Crippen MR) is 48.5 cm³/mol. The van der Waals surface area contributed by atoms with E-state index < -0.39 is 22.2 Å². The zero-order chi connectivity index (χ0) is 12.8. The largest absolute Gasteiger partial charge is 0.457 e. The maximum absolute atomic E-state index is 12.9. The Kier molecular flexibility index (Phi) is 3.39. The second-order valence-electron chi connectivity index (χ2n) is 2.77. The van der Waals surface area contributed by atoms with Crippen molar-refractivity contribution in [1.29, 1.82) is 0 Å². The summed E-state index contributed by atoms with van der Waals surface area (Å²) in [6.45, 7) is 0. The molecule has 0 spiro atoms. The quantitative estimate of drug-likeness (QED) is 0.458. The number of hydrogen-bond donors (Lipinski definition) is 1. The molecule has 1 aliphatic rings. The number of hydrogen-bond acceptors (Lipinski definition) is 3. The molecule has 0 bridgehead atoms. The highest BCUT2D eigenvalue weighted by Gasteiger charge is 2.66. The second-order valence-corrected chi connectivity index (χ2v) is 4.99. The molecule has 0 saturated heterocycles. The molecule has 1 aliphatic heterocycles. The summed E-state index contributed by atoms with van der Waals surface area (Å²) in [7, 11) is 0. The van der Waals surface area contributed by atoms with Crippen molar-refractivity contribution in [3.05, 3.63) is 0 Å². The fourth-order valence-corrected chi connectivity index (χ4v) is 1.34. The van der Waals surface area contributed by atoms with Gasteiger partial charge < -0.3 is 0 Å². The topological polar surface area (TPSA) is 27.6 Å². The summed E-state index contributed by atoms with van der Waals surface area (Å²) in [4.78, 5) is 0.144. The van der Waals surface area contributed by atoms with Crippen LogP contribution in [0.3, 0.4) is 0 Å². The van der Waals surface area contributed by atoms with E-state index in [4.69, 9.17) is 34.8 Å². The van der Waals surface area contributed by atoms with E-state index in [0.29, 0.717) is 6.34 Å². The fraction of sp³-hybridized carbons (Fsp3) is 0.800. The van der Waals surface area contributed by atoms with Crippen LogP contribution >= 0.6 is 34.8 Å². The van der Waals surface area contributed by atoms with Gasteiger partial charge in [0.15, 0.2) is 6.17 Å². The summed E-state index contributed by atoms with van der Waals surface area (Å²) in [5.74, 6) is -5.12. The van der Waals surface area contributed by atoms with Gasteiger partial charge in [0.05, 0.1) is 0 Å². The van der Waals surface area contributed by atoms with Gasteiger partial charge in [-0.15, -0.1) is 0 Å². The van der Waals surface area contributed by atoms with Crippen LogP contribution in [0.4, 0.5) is 22.0 Å². The van der Waals surface area contributed by atoms with Gasteiger partial charge in [0.2, 0.25) is 0 Å². The van der Waals surface area contributed by atoms with E-state index in [1.54, 1.807) is 0 Å². The molecule has 1 heterocycles. The number of halogens is 8. The van der Waals surface area contributed by atoms with Gasteiger partial charge >= 0.3 is 12.1 Å². The maximum Gasteiger partial charge on any atom is 0.457 e. The van der Waals surface area contributed by atoms with Crippen LogP contribution in [-0.2, 0) is 0 Å². The summed E-state index contributed by atoms with van der Waals surface area (Å²) in [5.41, 5.74) is 1.53. The van der Waals surface area contributed by atoms with Gasteiger partial charge in [-0.05, 0) is 0 Å². The standard InChI is InChI=1S/C5H3Cl3F5N3/c6-5(7,8)16-1-14-15-2(16)3(9,10)4(11,12)13/h1-2,15H. The van der Waals surface area contributed by atoms with Gasteiger partial charge in [-0.25, -0.2) is 0 Å². The third kappa shape index (κ3) is 2.38. The van der Waals surface area contributed by atoms with Crippen molar-refractivity contribution < 1.29 is 22.0 Å². The minimum Gasteiger partial charge on any atom is -0.289 e. The number of nitrogens with zero attached hydrogens (tertiary/aromatic N) is 2. The zero-order valence-electron chi connectivity index (χ0n) is 7.07. The second kappa shape index (κ2) is 3.92. The monoisotopic (exact) mass is 305 g/mol. The van der Waals surface area contributed by atoms with Gasteiger partial charge in [-0.3, -0.25) is 10.3 Å². The predicted octanol–water partition coefficient (Wildman–Crippen LogP) is 2.69. The number of alkyl halides is 8. The van der Waals surface area contributed by atoms with E-state index in [0.717, 1.165) is 0 Å². The molecular weight excluding hydrogens is 303 g/mol. The van der Waals surface area contributed by atoms with Gasteiger partial charge in [-0.2, -0.15) is 27.1 Å². The van der Waals surface area contributed by atoms with Crippen molar-refractivity contribution in [2.75, 3.05) is 0 Å². The lowest BCUT2D eigenvalue weighted by Gasteiger charge is -2.35. The van der Waals surface area contributed by atoms with Gasteiger partial charge in [0, 0.05) is 0 Å². The lowest BCUT2D eigenvalue weighted by Crippen LogP contribution is -2.60. The number of nitrogens with one attached hydrogen (secondary N) is 1. The van der Waals surface area contributed by atoms with Gasteiger partial charge in [0.1, 0.15) is 6.34 Å². The molecule has 94 valence electrons. The Hall–Kier alpha value is -0.210. The van der Waals surface area contributed by atoms with E-state index in [-0.39, 0.29) is 4.90 Å². The highest BCUT2D eigenvalue weighted by molar-refractivity contribution is 6.67. The highest BCUT2D eigenvalue weighted by Crippen LogP contribution is 2.43. The van der Waals surface area contributed by atoms with Crippen LogP contribution in [0.5, 0.6) is 0 Å². The highest BCUT2D eigenvalue weighted by atomic mass is 35.6. The van der Waals surface area contributed by atoms with Crippen molar-refractivity contribution >= 4 is 41.1 Å². The molecule has 16 heavy (non-hydrogen) atoms. The molecule has 1 rings (SSSR count). The molecule has 0 aromatic carbocycles. The van der Waals surface area contributed by atoms with Crippen molar-refractivity contribution in [2.45, 2.75) is 22.2 Å². The molecule has 0 fully saturated rings. The maximum atomic E-state index is 12.9. The van der Waals surface area contributed by atoms with E-state index >= 15 is 0 Å². The van der Waals surface area contributed by atoms with E-state index in [9.17, 15) is 22.0 Å². The Morgan fingerprint density at radius 3 is 2.00 bits per heavy atom. The average Bonchev–Trinajstić information content (AvgIpc) is 2.47. The molecule has 0 radical (unpaired) electrons. The summed E-state index contributed by atoms with van der Waals surface area (Å²) in [5, 5.41) is 3.01. The fourth-order valence-electron chi connectivity index (χ4n) is 0.918. The average molecular weight is 306 g/mol. The Bertz CT molecular complexity index is 299. The molecule has 1 unspecified atom stereocenters. The normalized spacial score (nSPS) is 22.5. The molecule has 0 aliphatic carbocycles. The van der Waals surface area contributed by atoms with Crippen molar-refractivity contribution in [2.24, 2.45) is 5.10 Å². The molecule has 0 aromatic rings. The minimum atomic E-state index is -5.79. The van der Waals surface area contributed by atoms with E-state index in [1.807, 2.05) is 0 Å². The first-order valence-corrected chi connectivity index (χ1v) is 4.69. The first-order valence-electron chi connectivity index (χ1n) is 3.56. The molecule has 1 N–H and O–H groups in total. The Morgan fingerprint density at radius 1 is 1.12 bits per heavy atom. The van der Waals surface area contributed by atoms with Crippen LogP contribution in [0.15, 0.2) is 5.10 Å². The molecule has 0 saturated carbocycles. The third-order valence-electron chi connectivity index (χ3n) is 1.67. The van der Waals surface area contributed by atoms with Crippen LogP contribution in [0.1, 0.15) is 0 Å². The lowest BCUT2D eigenvalue weighted by molar-refractivity contribution is -0.302. The van der Waals surface area contributed by atoms with Crippen LogP contribution in [0, 0.1) is 0 Å². The van der Waals surface area contributed by atoms with Crippen LogP contribution in [0.25, 0.3) is 0 Å². The zero-order valence-corrected chi connectivity index (χ0v) is 9.34. The summed E-state index contributed by atoms with van der Waals surface area (Å²) in [6, 6.07) is 0. The molecule has 11 heteroatoms. The van der Waals surface area contributed by atoms with Crippen LogP contribution < -0.4 is 5.43 Å². The molecule has 3 nitrogen and oxygen atoms in total. The minimum absolute atomic E-state index is 0.144. The Balaban J connectivity index is 2.98. The number of rotatable bonds is 1. The molecular formula is C5H3Cl3F5N3. The van der Waals surface area contributed by atoms with Crippen molar-refractivity contribution in [3.8, 4) is 0 Å². The summed E-state index contributed by atoms with van der Waals surface area (Å²) < 4.78 is 59.5. The van der Waals surface area contributed by atoms with Crippen molar-refractivity contribution in [3.63, 3.8) is 0 Å².